The number of nitrogens with one attached hydrogen (secondary N) is 1. The fraction of sp³-hybridized carbons (Fsp3) is 0.385. The Kier molecular flexibility index (Phi) is 3.02. The Labute approximate surface area is 116 Å². The zero-order valence-corrected chi connectivity index (χ0v) is 11.3. The molecule has 0 aliphatic carbocycles. The van der Waals surface area contributed by atoms with Crippen molar-refractivity contribution in [3.8, 4) is 11.5 Å². The monoisotopic (exact) mass is 278 g/mol. The number of benzene rings is 1. The lowest BCUT2D eigenvalue weighted by molar-refractivity contribution is -0.127. The van der Waals surface area contributed by atoms with Gasteiger partial charge in [0.25, 0.3) is 5.91 Å². The first-order valence-electron chi connectivity index (χ1n) is 6.15. The van der Waals surface area contributed by atoms with Gasteiger partial charge in [0.2, 0.25) is 0 Å². The van der Waals surface area contributed by atoms with Gasteiger partial charge in [0.05, 0.1) is 6.54 Å². The van der Waals surface area contributed by atoms with Crippen LogP contribution >= 0.6 is 12.2 Å². The molecule has 1 N–H and O–H groups in total. The lowest BCUT2D eigenvalue weighted by Crippen LogP contribution is -2.43. The molecular weight excluding hydrogens is 264 g/mol. The molecule has 1 aromatic rings. The molecule has 6 heteroatoms. The van der Waals surface area contributed by atoms with Crippen LogP contribution in [0.1, 0.15) is 6.92 Å². The zero-order valence-electron chi connectivity index (χ0n) is 10.5. The Balaban J connectivity index is 1.70. The average molecular weight is 278 g/mol. The van der Waals surface area contributed by atoms with E-state index in [1.807, 2.05) is 24.3 Å². The van der Waals surface area contributed by atoms with Crippen molar-refractivity contribution in [2.24, 2.45) is 0 Å². The van der Waals surface area contributed by atoms with Gasteiger partial charge in [0.15, 0.2) is 22.7 Å². The lowest BCUT2D eigenvalue weighted by atomic mass is 10.2. The van der Waals surface area contributed by atoms with Crippen LogP contribution < -0.4 is 14.8 Å². The van der Waals surface area contributed by atoms with Crippen molar-refractivity contribution in [3.05, 3.63) is 24.3 Å². The molecule has 3 rings (SSSR count). The predicted molar refractivity (Wildman–Crippen MR) is 73.3 cm³/mol. The number of rotatable bonds is 2. The van der Waals surface area contributed by atoms with Gasteiger partial charge in [-0.2, -0.15) is 0 Å². The van der Waals surface area contributed by atoms with E-state index in [1.165, 1.54) is 0 Å². The molecular formula is C13H14N2O3S. The lowest BCUT2D eigenvalue weighted by Gasteiger charge is -2.29. The summed E-state index contributed by atoms with van der Waals surface area (Å²) in [6, 6.07) is 7.24. The van der Waals surface area contributed by atoms with E-state index in [0.717, 1.165) is 5.75 Å². The van der Waals surface area contributed by atoms with Gasteiger partial charge in [-0.15, -0.1) is 0 Å². The van der Waals surface area contributed by atoms with Gasteiger partial charge in [-0.25, -0.2) is 0 Å². The van der Waals surface area contributed by atoms with Crippen LogP contribution in [-0.4, -0.2) is 41.2 Å². The first-order chi connectivity index (χ1) is 9.15. The van der Waals surface area contributed by atoms with Crippen LogP contribution in [0.15, 0.2) is 24.3 Å². The van der Waals surface area contributed by atoms with Crippen molar-refractivity contribution in [1.82, 2.24) is 10.2 Å². The summed E-state index contributed by atoms with van der Waals surface area (Å²) in [5, 5.41) is 3.40. The summed E-state index contributed by atoms with van der Waals surface area (Å²) in [4.78, 5) is 13.5. The van der Waals surface area contributed by atoms with Gasteiger partial charge in [0.1, 0.15) is 12.6 Å². The van der Waals surface area contributed by atoms with Crippen molar-refractivity contribution < 1.29 is 14.3 Å². The highest BCUT2D eigenvalue weighted by atomic mass is 32.1. The van der Waals surface area contributed by atoms with Crippen molar-refractivity contribution >= 4 is 23.2 Å². The second kappa shape index (κ2) is 4.70. The van der Waals surface area contributed by atoms with Crippen molar-refractivity contribution in [3.63, 3.8) is 0 Å². The third-order valence-corrected chi connectivity index (χ3v) is 3.51. The molecule has 0 saturated carbocycles. The van der Waals surface area contributed by atoms with Gasteiger partial charge in [0, 0.05) is 0 Å². The fourth-order valence-corrected chi connectivity index (χ4v) is 2.53. The number of fused-ring (bicyclic) bond motifs is 1. The van der Waals surface area contributed by atoms with E-state index in [2.05, 4.69) is 5.32 Å². The number of amides is 1. The van der Waals surface area contributed by atoms with Crippen LogP contribution in [0.3, 0.4) is 0 Å². The van der Waals surface area contributed by atoms with E-state index in [1.54, 1.807) is 11.8 Å². The number of ether oxygens (including phenoxy) is 2. The number of hydrogen-bond acceptors (Lipinski definition) is 4. The predicted octanol–water partition coefficient (Wildman–Crippen LogP) is 0.932. The minimum atomic E-state index is -0.260. The minimum Gasteiger partial charge on any atom is -0.486 e. The maximum Gasteiger partial charge on any atom is 0.251 e. The molecule has 19 heavy (non-hydrogen) atoms. The van der Waals surface area contributed by atoms with E-state index >= 15 is 0 Å². The molecule has 100 valence electrons. The SMILES string of the molecule is CC1NC(=S)N(CC2COc3ccccc3O2)C1=O. The maximum atomic E-state index is 11.9. The van der Waals surface area contributed by atoms with Crippen LogP contribution in [0.4, 0.5) is 0 Å². The van der Waals surface area contributed by atoms with Crippen molar-refractivity contribution in [2.45, 2.75) is 19.1 Å². The number of carbonyl (C=O) groups is 1. The zero-order chi connectivity index (χ0) is 13.4. The molecule has 5 nitrogen and oxygen atoms in total. The first-order valence-corrected chi connectivity index (χ1v) is 6.56. The minimum absolute atomic E-state index is 0.0209. The van der Waals surface area contributed by atoms with Gasteiger partial charge >= 0.3 is 0 Å². The summed E-state index contributed by atoms with van der Waals surface area (Å²) in [7, 11) is 0. The number of nitrogens with zero attached hydrogens (tertiary/aromatic N) is 1. The highest BCUT2D eigenvalue weighted by molar-refractivity contribution is 7.80. The Bertz CT molecular complexity index is 534. The van der Waals surface area contributed by atoms with Crippen LogP contribution in [0.25, 0.3) is 0 Å². The molecule has 0 aromatic heterocycles. The Morgan fingerprint density at radius 1 is 1.42 bits per heavy atom. The van der Waals surface area contributed by atoms with Crippen LogP contribution in [0, 0.1) is 0 Å². The highest BCUT2D eigenvalue weighted by Crippen LogP contribution is 2.31. The third-order valence-electron chi connectivity index (χ3n) is 3.18. The molecule has 0 bridgehead atoms. The number of para-hydroxylation sites is 2. The summed E-state index contributed by atoms with van der Waals surface area (Å²) in [6.07, 6.45) is -0.205. The molecule has 1 amide bonds. The number of carbonyl (C=O) groups excluding carboxylic acids is 1. The van der Waals surface area contributed by atoms with E-state index in [9.17, 15) is 4.79 Å². The van der Waals surface area contributed by atoms with E-state index in [4.69, 9.17) is 21.7 Å². The molecule has 0 spiro atoms. The topological polar surface area (TPSA) is 50.8 Å². The molecule has 1 aromatic carbocycles. The van der Waals surface area contributed by atoms with Gasteiger partial charge in [-0.1, -0.05) is 12.1 Å². The second-order valence-electron chi connectivity index (χ2n) is 4.62. The van der Waals surface area contributed by atoms with E-state index in [0.29, 0.717) is 24.0 Å². The van der Waals surface area contributed by atoms with E-state index in [-0.39, 0.29) is 18.1 Å². The molecule has 1 saturated heterocycles. The smallest absolute Gasteiger partial charge is 0.251 e. The number of hydrogen-bond donors (Lipinski definition) is 1. The number of thiocarbonyl (C=S) groups is 1. The fourth-order valence-electron chi connectivity index (χ4n) is 2.19. The average Bonchev–Trinajstić information content (AvgIpc) is 2.65. The van der Waals surface area contributed by atoms with Crippen LogP contribution in [-0.2, 0) is 4.79 Å². The van der Waals surface area contributed by atoms with Gasteiger partial charge < -0.3 is 14.8 Å². The maximum absolute atomic E-state index is 11.9. The Morgan fingerprint density at radius 3 is 2.84 bits per heavy atom. The van der Waals surface area contributed by atoms with Crippen LogP contribution in [0.2, 0.25) is 0 Å². The van der Waals surface area contributed by atoms with E-state index < -0.39 is 0 Å². The van der Waals surface area contributed by atoms with Crippen molar-refractivity contribution in [1.29, 1.82) is 0 Å². The summed E-state index contributed by atoms with van der Waals surface area (Å²) in [5.74, 6) is 1.42. The molecule has 2 heterocycles. The van der Waals surface area contributed by atoms with Crippen molar-refractivity contribution in [2.75, 3.05) is 13.2 Å². The summed E-state index contributed by atoms with van der Waals surface area (Å²) < 4.78 is 11.4. The first kappa shape index (κ1) is 12.2. The van der Waals surface area contributed by atoms with Gasteiger partial charge in [-0.3, -0.25) is 9.69 Å². The Morgan fingerprint density at radius 2 is 2.16 bits per heavy atom. The quantitative estimate of drug-likeness (QED) is 0.816. The van der Waals surface area contributed by atoms with Crippen LogP contribution in [0.5, 0.6) is 11.5 Å². The Hall–Kier alpha value is -1.82. The molecule has 2 aliphatic heterocycles. The molecule has 1 fully saturated rings. The normalized spacial score (nSPS) is 25.4. The molecule has 2 aliphatic rings. The summed E-state index contributed by atoms with van der Waals surface area (Å²) in [5.41, 5.74) is 0. The standard InChI is InChI=1S/C13H14N2O3S/c1-8-12(16)15(13(19)14-8)6-9-7-17-10-4-2-3-5-11(10)18-9/h2-5,8-9H,6-7H2,1H3,(H,14,19). The highest BCUT2D eigenvalue weighted by Gasteiger charge is 2.35. The van der Waals surface area contributed by atoms with Gasteiger partial charge in [-0.05, 0) is 31.3 Å². The third kappa shape index (κ3) is 2.23. The summed E-state index contributed by atoms with van der Waals surface area (Å²) >= 11 is 5.14. The second-order valence-corrected chi connectivity index (χ2v) is 5.00. The largest absolute Gasteiger partial charge is 0.486 e. The molecule has 2 unspecified atom stereocenters. The summed E-state index contributed by atoms with van der Waals surface area (Å²) in [6.45, 7) is 2.61. The molecule has 2 atom stereocenters. The molecule has 0 radical (unpaired) electrons.